The summed E-state index contributed by atoms with van der Waals surface area (Å²) < 4.78 is 0. The minimum Gasteiger partial charge on any atom is -0.388 e. The van der Waals surface area contributed by atoms with Crippen molar-refractivity contribution >= 4 is 0 Å². The first-order valence-electron chi connectivity index (χ1n) is 9.16. The second-order valence-corrected chi connectivity index (χ2v) is 6.57. The molecule has 1 heteroatoms. The van der Waals surface area contributed by atoms with Crippen LogP contribution in [0.5, 0.6) is 0 Å². The SMILES string of the molecule is CCCCC/C=C(\CCCCC)[C@H](O)C1CCCCC1. The van der Waals surface area contributed by atoms with E-state index >= 15 is 0 Å². The first kappa shape index (κ1) is 17.8. The summed E-state index contributed by atoms with van der Waals surface area (Å²) in [5, 5.41) is 10.7. The van der Waals surface area contributed by atoms with Crippen LogP contribution in [0.2, 0.25) is 0 Å². The Bertz CT molecular complexity index is 250. The Morgan fingerprint density at radius 1 is 1.00 bits per heavy atom. The van der Waals surface area contributed by atoms with Gasteiger partial charge in [-0.2, -0.15) is 0 Å². The molecule has 1 atom stereocenters. The highest BCUT2D eigenvalue weighted by Crippen LogP contribution is 2.31. The van der Waals surface area contributed by atoms with E-state index in [1.807, 2.05) is 0 Å². The van der Waals surface area contributed by atoms with Gasteiger partial charge in [-0.15, -0.1) is 0 Å². The first-order valence-corrected chi connectivity index (χ1v) is 9.16. The summed E-state index contributed by atoms with van der Waals surface area (Å²) in [5.41, 5.74) is 1.36. The minimum atomic E-state index is -0.145. The van der Waals surface area contributed by atoms with Gasteiger partial charge in [-0.3, -0.25) is 0 Å². The molecule has 1 aliphatic carbocycles. The summed E-state index contributed by atoms with van der Waals surface area (Å²) in [6, 6.07) is 0. The van der Waals surface area contributed by atoms with Crippen molar-refractivity contribution in [3.8, 4) is 0 Å². The fourth-order valence-corrected chi connectivity index (χ4v) is 3.38. The van der Waals surface area contributed by atoms with E-state index in [1.54, 1.807) is 0 Å². The minimum absolute atomic E-state index is 0.145. The number of aliphatic hydroxyl groups excluding tert-OH is 1. The molecule has 0 bridgehead atoms. The monoisotopic (exact) mass is 280 g/mol. The summed E-state index contributed by atoms with van der Waals surface area (Å²) in [5.74, 6) is 0.544. The highest BCUT2D eigenvalue weighted by Gasteiger charge is 2.24. The molecule has 0 heterocycles. The second kappa shape index (κ2) is 11.4. The molecular formula is C19H36O. The largest absolute Gasteiger partial charge is 0.388 e. The van der Waals surface area contributed by atoms with Crippen LogP contribution in [0.25, 0.3) is 0 Å². The lowest BCUT2D eigenvalue weighted by molar-refractivity contribution is 0.111. The predicted molar refractivity (Wildman–Crippen MR) is 88.9 cm³/mol. The molecule has 1 nitrogen and oxygen atoms in total. The van der Waals surface area contributed by atoms with Gasteiger partial charge in [0.25, 0.3) is 0 Å². The Morgan fingerprint density at radius 3 is 2.30 bits per heavy atom. The summed E-state index contributed by atoms with van der Waals surface area (Å²) in [6.45, 7) is 4.50. The lowest BCUT2D eigenvalue weighted by atomic mass is 9.81. The second-order valence-electron chi connectivity index (χ2n) is 6.57. The van der Waals surface area contributed by atoms with E-state index in [-0.39, 0.29) is 6.10 Å². The van der Waals surface area contributed by atoms with E-state index in [0.29, 0.717) is 5.92 Å². The quantitative estimate of drug-likeness (QED) is 0.383. The van der Waals surface area contributed by atoms with Gasteiger partial charge in [0.2, 0.25) is 0 Å². The zero-order chi connectivity index (χ0) is 14.6. The number of allylic oxidation sites excluding steroid dienone is 1. The van der Waals surface area contributed by atoms with Crippen molar-refractivity contribution in [1.82, 2.24) is 0 Å². The first-order chi connectivity index (χ1) is 9.79. The Balaban J connectivity index is 2.49. The molecule has 118 valence electrons. The molecule has 0 amide bonds. The Labute approximate surface area is 126 Å². The van der Waals surface area contributed by atoms with E-state index in [1.165, 1.54) is 82.6 Å². The Morgan fingerprint density at radius 2 is 1.65 bits per heavy atom. The maximum atomic E-state index is 10.7. The molecule has 0 aromatic heterocycles. The van der Waals surface area contributed by atoms with E-state index in [0.717, 1.165) is 6.42 Å². The van der Waals surface area contributed by atoms with Crippen LogP contribution in [0, 0.1) is 5.92 Å². The lowest BCUT2D eigenvalue weighted by Gasteiger charge is -2.28. The van der Waals surface area contributed by atoms with Crippen LogP contribution in [0.1, 0.15) is 97.3 Å². The zero-order valence-electron chi connectivity index (χ0n) is 13.9. The molecule has 1 rings (SSSR count). The molecule has 1 fully saturated rings. The fraction of sp³-hybridized carbons (Fsp3) is 0.895. The number of hydrogen-bond donors (Lipinski definition) is 1. The van der Waals surface area contributed by atoms with Gasteiger partial charge >= 0.3 is 0 Å². The molecular weight excluding hydrogens is 244 g/mol. The molecule has 0 unspecified atom stereocenters. The Kier molecular flexibility index (Phi) is 10.1. The van der Waals surface area contributed by atoms with Crippen LogP contribution in [0.4, 0.5) is 0 Å². The lowest BCUT2D eigenvalue weighted by Crippen LogP contribution is -2.25. The summed E-state index contributed by atoms with van der Waals surface area (Å²) in [4.78, 5) is 0. The fourth-order valence-electron chi connectivity index (χ4n) is 3.38. The average Bonchev–Trinajstić information content (AvgIpc) is 2.50. The summed E-state index contributed by atoms with van der Waals surface area (Å²) in [6.07, 6.45) is 18.7. The Hall–Kier alpha value is -0.300. The van der Waals surface area contributed by atoms with Crippen molar-refractivity contribution in [3.05, 3.63) is 11.6 Å². The van der Waals surface area contributed by atoms with Crippen molar-refractivity contribution in [1.29, 1.82) is 0 Å². The van der Waals surface area contributed by atoms with Gasteiger partial charge in [-0.05, 0) is 50.0 Å². The molecule has 0 aromatic rings. The van der Waals surface area contributed by atoms with Crippen molar-refractivity contribution in [2.24, 2.45) is 5.92 Å². The van der Waals surface area contributed by atoms with Crippen LogP contribution < -0.4 is 0 Å². The van der Waals surface area contributed by atoms with Gasteiger partial charge in [-0.1, -0.05) is 64.9 Å². The van der Waals surface area contributed by atoms with Crippen molar-refractivity contribution in [2.75, 3.05) is 0 Å². The van der Waals surface area contributed by atoms with Crippen LogP contribution in [-0.2, 0) is 0 Å². The van der Waals surface area contributed by atoms with Gasteiger partial charge in [-0.25, -0.2) is 0 Å². The van der Waals surface area contributed by atoms with Crippen molar-refractivity contribution in [2.45, 2.75) is 103 Å². The van der Waals surface area contributed by atoms with Gasteiger partial charge in [0.15, 0.2) is 0 Å². The number of aliphatic hydroxyl groups is 1. The molecule has 0 aliphatic heterocycles. The third-order valence-electron chi connectivity index (χ3n) is 4.76. The number of unbranched alkanes of at least 4 members (excludes halogenated alkanes) is 5. The maximum absolute atomic E-state index is 10.7. The molecule has 0 radical (unpaired) electrons. The van der Waals surface area contributed by atoms with Crippen LogP contribution in [0.15, 0.2) is 11.6 Å². The van der Waals surface area contributed by atoms with Gasteiger partial charge in [0.05, 0.1) is 6.10 Å². The van der Waals surface area contributed by atoms with E-state index in [9.17, 15) is 5.11 Å². The van der Waals surface area contributed by atoms with Crippen LogP contribution in [0.3, 0.4) is 0 Å². The van der Waals surface area contributed by atoms with Gasteiger partial charge in [0, 0.05) is 0 Å². The topological polar surface area (TPSA) is 20.2 Å². The van der Waals surface area contributed by atoms with Gasteiger partial charge in [0.1, 0.15) is 0 Å². The molecule has 0 spiro atoms. The molecule has 20 heavy (non-hydrogen) atoms. The highest BCUT2D eigenvalue weighted by atomic mass is 16.3. The number of rotatable bonds is 10. The summed E-state index contributed by atoms with van der Waals surface area (Å²) >= 11 is 0. The smallest absolute Gasteiger partial charge is 0.0778 e. The molecule has 1 aliphatic rings. The van der Waals surface area contributed by atoms with E-state index in [2.05, 4.69) is 19.9 Å². The van der Waals surface area contributed by atoms with Gasteiger partial charge < -0.3 is 5.11 Å². The molecule has 0 saturated heterocycles. The van der Waals surface area contributed by atoms with Crippen molar-refractivity contribution < 1.29 is 5.11 Å². The van der Waals surface area contributed by atoms with E-state index in [4.69, 9.17) is 0 Å². The van der Waals surface area contributed by atoms with Crippen molar-refractivity contribution in [3.63, 3.8) is 0 Å². The normalized spacial score (nSPS) is 19.2. The maximum Gasteiger partial charge on any atom is 0.0778 e. The standard InChI is InChI=1S/C19H36O/c1-3-5-7-10-14-17(13-9-6-4-2)19(20)18-15-11-8-12-16-18/h14,18-20H,3-13,15-16H2,1-2H3/b17-14+/t19-/m0/s1. The summed E-state index contributed by atoms with van der Waals surface area (Å²) in [7, 11) is 0. The zero-order valence-corrected chi connectivity index (χ0v) is 13.9. The predicted octanol–water partition coefficient (Wildman–Crippen LogP) is 6.01. The third kappa shape index (κ3) is 6.92. The van der Waals surface area contributed by atoms with Crippen LogP contribution >= 0.6 is 0 Å². The van der Waals surface area contributed by atoms with E-state index < -0.39 is 0 Å². The molecule has 1 saturated carbocycles. The number of hydrogen-bond acceptors (Lipinski definition) is 1. The third-order valence-corrected chi connectivity index (χ3v) is 4.76. The average molecular weight is 280 g/mol. The molecule has 1 N–H and O–H groups in total. The van der Waals surface area contributed by atoms with Crippen LogP contribution in [-0.4, -0.2) is 11.2 Å². The highest BCUT2D eigenvalue weighted by molar-refractivity contribution is 5.10. The molecule has 0 aromatic carbocycles.